The maximum atomic E-state index is 12.2. The third-order valence-electron chi connectivity index (χ3n) is 4.24. The highest BCUT2D eigenvalue weighted by Gasteiger charge is 2.26. The van der Waals surface area contributed by atoms with Crippen molar-refractivity contribution in [2.24, 2.45) is 5.92 Å². The summed E-state index contributed by atoms with van der Waals surface area (Å²) >= 11 is 1.73. The number of methoxy groups -OCH3 is 1. The lowest BCUT2D eigenvalue weighted by atomic mass is 9.96. The molecule has 5 nitrogen and oxygen atoms in total. The van der Waals surface area contributed by atoms with E-state index in [1.54, 1.807) is 18.4 Å². The molecule has 1 amide bonds. The summed E-state index contributed by atoms with van der Waals surface area (Å²) in [5, 5.41) is 4.09. The number of nitrogens with one attached hydrogen (secondary N) is 1. The molecule has 3 rings (SSSR count). The summed E-state index contributed by atoms with van der Waals surface area (Å²) < 4.78 is 6.22. The monoisotopic (exact) mass is 333 g/mol. The van der Waals surface area contributed by atoms with E-state index in [9.17, 15) is 4.79 Å². The number of hydrogen-bond acceptors (Lipinski definition) is 5. The van der Waals surface area contributed by atoms with Crippen LogP contribution in [-0.4, -0.2) is 44.2 Å². The van der Waals surface area contributed by atoms with E-state index in [0.29, 0.717) is 13.2 Å². The molecule has 23 heavy (non-hydrogen) atoms. The van der Waals surface area contributed by atoms with E-state index in [2.05, 4.69) is 22.3 Å². The second kappa shape index (κ2) is 7.75. The molecule has 2 aromatic rings. The topological polar surface area (TPSA) is 54.5 Å². The van der Waals surface area contributed by atoms with Gasteiger partial charge in [-0.3, -0.25) is 4.79 Å². The molecule has 1 aromatic carbocycles. The smallest absolute Gasteiger partial charge is 0.223 e. The van der Waals surface area contributed by atoms with Crippen molar-refractivity contribution in [2.75, 3.05) is 38.3 Å². The third-order valence-corrected chi connectivity index (χ3v) is 5.34. The Balaban J connectivity index is 1.50. The molecule has 1 aromatic heterocycles. The van der Waals surface area contributed by atoms with Gasteiger partial charge in [0.05, 0.1) is 10.2 Å². The molecule has 1 aliphatic heterocycles. The van der Waals surface area contributed by atoms with E-state index in [-0.39, 0.29) is 11.8 Å². The fourth-order valence-electron chi connectivity index (χ4n) is 2.90. The summed E-state index contributed by atoms with van der Waals surface area (Å²) in [6, 6.07) is 8.22. The first kappa shape index (κ1) is 16.2. The Morgan fingerprint density at radius 3 is 2.91 bits per heavy atom. The van der Waals surface area contributed by atoms with Crippen LogP contribution in [0.15, 0.2) is 24.3 Å². The number of rotatable bonds is 6. The van der Waals surface area contributed by atoms with Gasteiger partial charge in [-0.2, -0.15) is 0 Å². The van der Waals surface area contributed by atoms with Crippen LogP contribution >= 0.6 is 11.3 Å². The lowest BCUT2D eigenvalue weighted by Gasteiger charge is -2.31. The highest BCUT2D eigenvalue weighted by atomic mass is 32.1. The molecule has 0 radical (unpaired) electrons. The molecular formula is C17H23N3O2S. The number of anilines is 1. The van der Waals surface area contributed by atoms with Gasteiger partial charge in [0.1, 0.15) is 0 Å². The zero-order valence-corrected chi connectivity index (χ0v) is 14.3. The van der Waals surface area contributed by atoms with Gasteiger partial charge in [-0.15, -0.1) is 0 Å². The minimum Gasteiger partial charge on any atom is -0.385 e. The first-order valence-corrected chi connectivity index (χ1v) is 8.97. The predicted molar refractivity (Wildman–Crippen MR) is 94.1 cm³/mol. The van der Waals surface area contributed by atoms with Gasteiger partial charge < -0.3 is 15.0 Å². The molecule has 1 saturated heterocycles. The standard InChI is InChI=1S/C17H23N3O2S/c1-22-12-4-9-18-16(21)13-7-10-20(11-8-13)17-19-14-5-2-3-6-15(14)23-17/h2-3,5-6,13H,4,7-12H2,1H3,(H,18,21). The summed E-state index contributed by atoms with van der Waals surface area (Å²) in [5.74, 6) is 0.313. The molecule has 124 valence electrons. The average Bonchev–Trinajstić information content (AvgIpc) is 3.03. The van der Waals surface area contributed by atoms with Gasteiger partial charge in [0.2, 0.25) is 5.91 Å². The van der Waals surface area contributed by atoms with Crippen LogP contribution in [0.25, 0.3) is 10.2 Å². The number of benzene rings is 1. The van der Waals surface area contributed by atoms with Crippen LogP contribution in [0, 0.1) is 5.92 Å². The number of thiazole rings is 1. The van der Waals surface area contributed by atoms with Gasteiger partial charge in [0.25, 0.3) is 0 Å². The zero-order valence-electron chi connectivity index (χ0n) is 13.5. The Morgan fingerprint density at radius 1 is 1.39 bits per heavy atom. The van der Waals surface area contributed by atoms with E-state index in [0.717, 1.165) is 43.0 Å². The Hall–Kier alpha value is -1.66. The Labute approximate surface area is 140 Å². The lowest BCUT2D eigenvalue weighted by molar-refractivity contribution is -0.125. The number of piperidine rings is 1. The van der Waals surface area contributed by atoms with E-state index >= 15 is 0 Å². The van der Waals surface area contributed by atoms with E-state index in [4.69, 9.17) is 9.72 Å². The van der Waals surface area contributed by atoms with Crippen molar-refractivity contribution in [1.82, 2.24) is 10.3 Å². The first-order valence-electron chi connectivity index (χ1n) is 8.15. The maximum Gasteiger partial charge on any atom is 0.223 e. The number of carbonyl (C=O) groups is 1. The normalized spacial score (nSPS) is 16.0. The van der Waals surface area contributed by atoms with Gasteiger partial charge in [-0.05, 0) is 31.4 Å². The Kier molecular flexibility index (Phi) is 5.46. The van der Waals surface area contributed by atoms with E-state index < -0.39 is 0 Å². The molecule has 0 spiro atoms. The maximum absolute atomic E-state index is 12.2. The largest absolute Gasteiger partial charge is 0.385 e. The molecule has 0 atom stereocenters. The molecule has 2 heterocycles. The summed E-state index contributed by atoms with van der Waals surface area (Å²) in [5.41, 5.74) is 1.06. The van der Waals surface area contributed by atoms with Crippen LogP contribution in [0.5, 0.6) is 0 Å². The SMILES string of the molecule is COCCCNC(=O)C1CCN(c2nc3ccccc3s2)CC1. The molecule has 1 aliphatic rings. The van der Waals surface area contributed by atoms with Gasteiger partial charge in [0.15, 0.2) is 5.13 Å². The average molecular weight is 333 g/mol. The third kappa shape index (κ3) is 4.00. The fraction of sp³-hybridized carbons (Fsp3) is 0.529. The molecule has 0 bridgehead atoms. The van der Waals surface area contributed by atoms with Crippen LogP contribution in [0.4, 0.5) is 5.13 Å². The lowest BCUT2D eigenvalue weighted by Crippen LogP contribution is -2.40. The second-order valence-electron chi connectivity index (χ2n) is 5.86. The number of carbonyl (C=O) groups excluding carboxylic acids is 1. The van der Waals surface area contributed by atoms with Crippen molar-refractivity contribution in [2.45, 2.75) is 19.3 Å². The van der Waals surface area contributed by atoms with Crippen molar-refractivity contribution < 1.29 is 9.53 Å². The number of aromatic nitrogens is 1. The van der Waals surface area contributed by atoms with Gasteiger partial charge >= 0.3 is 0 Å². The summed E-state index contributed by atoms with van der Waals surface area (Å²) in [4.78, 5) is 19.2. The van der Waals surface area contributed by atoms with E-state index in [1.807, 2.05) is 12.1 Å². The van der Waals surface area contributed by atoms with Crippen molar-refractivity contribution in [3.05, 3.63) is 24.3 Å². The van der Waals surface area contributed by atoms with Crippen molar-refractivity contribution in [1.29, 1.82) is 0 Å². The number of nitrogens with zero attached hydrogens (tertiary/aromatic N) is 2. The van der Waals surface area contributed by atoms with Crippen LogP contribution in [0.1, 0.15) is 19.3 Å². The highest BCUT2D eigenvalue weighted by Crippen LogP contribution is 2.31. The molecule has 0 saturated carbocycles. The van der Waals surface area contributed by atoms with Gasteiger partial charge in [0, 0.05) is 39.3 Å². The predicted octanol–water partition coefficient (Wildman–Crippen LogP) is 2.67. The van der Waals surface area contributed by atoms with Crippen molar-refractivity contribution >= 4 is 32.6 Å². The highest BCUT2D eigenvalue weighted by molar-refractivity contribution is 7.22. The number of ether oxygens (including phenoxy) is 1. The number of para-hydroxylation sites is 1. The Morgan fingerprint density at radius 2 is 2.17 bits per heavy atom. The molecule has 0 aliphatic carbocycles. The molecular weight excluding hydrogens is 310 g/mol. The summed E-state index contributed by atoms with van der Waals surface area (Å²) in [6.07, 6.45) is 2.66. The summed E-state index contributed by atoms with van der Waals surface area (Å²) in [7, 11) is 1.68. The molecule has 6 heteroatoms. The van der Waals surface area contributed by atoms with Gasteiger partial charge in [-0.25, -0.2) is 4.98 Å². The van der Waals surface area contributed by atoms with Crippen molar-refractivity contribution in [3.63, 3.8) is 0 Å². The second-order valence-corrected chi connectivity index (χ2v) is 6.87. The number of hydrogen-bond donors (Lipinski definition) is 1. The zero-order chi connectivity index (χ0) is 16.1. The molecule has 0 unspecified atom stereocenters. The van der Waals surface area contributed by atoms with Crippen molar-refractivity contribution in [3.8, 4) is 0 Å². The van der Waals surface area contributed by atoms with Crippen LogP contribution in [0.3, 0.4) is 0 Å². The van der Waals surface area contributed by atoms with Crippen LogP contribution in [0.2, 0.25) is 0 Å². The van der Waals surface area contributed by atoms with Gasteiger partial charge in [-0.1, -0.05) is 23.5 Å². The minimum absolute atomic E-state index is 0.128. The van der Waals surface area contributed by atoms with Crippen LogP contribution in [-0.2, 0) is 9.53 Å². The quantitative estimate of drug-likeness (QED) is 0.826. The summed E-state index contributed by atoms with van der Waals surface area (Å²) in [6.45, 7) is 3.19. The first-order chi connectivity index (χ1) is 11.3. The fourth-order valence-corrected chi connectivity index (χ4v) is 3.92. The molecule has 1 fully saturated rings. The Bertz CT molecular complexity index is 617. The molecule has 1 N–H and O–H groups in total. The minimum atomic E-state index is 0.128. The van der Waals surface area contributed by atoms with E-state index in [1.165, 1.54) is 4.70 Å². The van der Waals surface area contributed by atoms with Crippen LogP contribution < -0.4 is 10.2 Å². The number of amides is 1. The number of fused-ring (bicyclic) bond motifs is 1.